The van der Waals surface area contributed by atoms with Gasteiger partial charge in [-0.3, -0.25) is 4.79 Å². The highest BCUT2D eigenvalue weighted by molar-refractivity contribution is 5.77. The fourth-order valence-corrected chi connectivity index (χ4v) is 2.05. The molecule has 1 rings (SSSR count). The van der Waals surface area contributed by atoms with E-state index < -0.39 is 11.7 Å². The lowest BCUT2D eigenvalue weighted by molar-refractivity contribution is -0.122. The Morgan fingerprint density at radius 3 is 2.47 bits per heavy atom. The molecule has 5 heteroatoms. The van der Waals surface area contributed by atoms with Crippen LogP contribution in [0, 0.1) is 5.92 Å². The van der Waals surface area contributed by atoms with Crippen molar-refractivity contribution >= 4 is 12.0 Å². The molecule has 3 N–H and O–H groups in total. The number of ether oxygens (including phenoxy) is 1. The lowest BCUT2D eigenvalue weighted by Crippen LogP contribution is -2.43. The predicted molar refractivity (Wildman–Crippen MR) is 64.3 cm³/mol. The van der Waals surface area contributed by atoms with Gasteiger partial charge in [0.2, 0.25) is 5.91 Å². The standard InChI is InChI=1S/C12H22N2O3/c1-12(2,3)17-11(16)14-9-6-4-5-8(7-9)10(13)15/h8-9H,4-7H2,1-3H3,(H2,13,15)(H,14,16). The molecule has 0 aliphatic heterocycles. The Kier molecular flexibility index (Phi) is 4.37. The van der Waals surface area contributed by atoms with E-state index in [1.54, 1.807) is 0 Å². The van der Waals surface area contributed by atoms with Crippen LogP contribution >= 0.6 is 0 Å². The SMILES string of the molecule is CC(C)(C)OC(=O)NC1CCCC(C(N)=O)C1. The van der Waals surface area contributed by atoms with Crippen molar-refractivity contribution in [2.75, 3.05) is 0 Å². The van der Waals surface area contributed by atoms with E-state index in [1.165, 1.54) is 0 Å². The Bertz CT molecular complexity index is 297. The van der Waals surface area contributed by atoms with E-state index in [2.05, 4.69) is 5.32 Å². The molecule has 5 nitrogen and oxygen atoms in total. The van der Waals surface area contributed by atoms with Crippen LogP contribution in [-0.4, -0.2) is 23.6 Å². The summed E-state index contributed by atoms with van der Waals surface area (Å²) in [6.07, 6.45) is 2.81. The van der Waals surface area contributed by atoms with E-state index >= 15 is 0 Å². The first kappa shape index (κ1) is 13.8. The third-order valence-corrected chi connectivity index (χ3v) is 2.80. The molecule has 2 atom stereocenters. The van der Waals surface area contributed by atoms with Gasteiger partial charge in [0, 0.05) is 12.0 Å². The van der Waals surface area contributed by atoms with Crippen LogP contribution < -0.4 is 11.1 Å². The Hall–Kier alpha value is -1.26. The molecule has 17 heavy (non-hydrogen) atoms. The van der Waals surface area contributed by atoms with Crippen LogP contribution in [0.25, 0.3) is 0 Å². The summed E-state index contributed by atoms with van der Waals surface area (Å²) in [5, 5.41) is 2.79. The van der Waals surface area contributed by atoms with Crippen molar-refractivity contribution in [1.29, 1.82) is 0 Å². The first-order valence-electron chi connectivity index (χ1n) is 6.07. The number of amides is 2. The van der Waals surface area contributed by atoms with Crippen LogP contribution in [0.5, 0.6) is 0 Å². The predicted octanol–water partition coefficient (Wildman–Crippen LogP) is 1.56. The molecule has 0 saturated heterocycles. The van der Waals surface area contributed by atoms with E-state index in [0.717, 1.165) is 19.3 Å². The largest absolute Gasteiger partial charge is 0.444 e. The zero-order valence-electron chi connectivity index (χ0n) is 10.8. The van der Waals surface area contributed by atoms with Crippen molar-refractivity contribution in [2.24, 2.45) is 11.7 Å². The number of hydrogen-bond donors (Lipinski definition) is 2. The number of hydrogen-bond acceptors (Lipinski definition) is 3. The fourth-order valence-electron chi connectivity index (χ4n) is 2.05. The van der Waals surface area contributed by atoms with Crippen LogP contribution in [-0.2, 0) is 9.53 Å². The molecule has 0 aromatic carbocycles. The smallest absolute Gasteiger partial charge is 0.407 e. The van der Waals surface area contributed by atoms with E-state index in [0.29, 0.717) is 6.42 Å². The van der Waals surface area contributed by atoms with Crippen molar-refractivity contribution < 1.29 is 14.3 Å². The zero-order valence-corrected chi connectivity index (χ0v) is 10.8. The maximum atomic E-state index is 11.6. The summed E-state index contributed by atoms with van der Waals surface area (Å²) in [5.74, 6) is -0.399. The minimum atomic E-state index is -0.498. The third kappa shape index (κ3) is 5.06. The molecule has 2 amide bonds. The molecule has 0 bridgehead atoms. The lowest BCUT2D eigenvalue weighted by Gasteiger charge is -2.29. The minimum absolute atomic E-state index is 0.00361. The van der Waals surface area contributed by atoms with Gasteiger partial charge in [0.05, 0.1) is 0 Å². The minimum Gasteiger partial charge on any atom is -0.444 e. The highest BCUT2D eigenvalue weighted by atomic mass is 16.6. The maximum absolute atomic E-state index is 11.6. The van der Waals surface area contributed by atoms with E-state index in [-0.39, 0.29) is 17.9 Å². The first-order valence-corrected chi connectivity index (χ1v) is 6.07. The van der Waals surface area contributed by atoms with Crippen LogP contribution in [0.4, 0.5) is 4.79 Å². The van der Waals surface area contributed by atoms with Gasteiger partial charge < -0.3 is 15.8 Å². The highest BCUT2D eigenvalue weighted by Gasteiger charge is 2.27. The molecule has 1 aliphatic rings. The zero-order chi connectivity index (χ0) is 13.1. The molecule has 0 aromatic rings. The molecule has 2 unspecified atom stereocenters. The van der Waals surface area contributed by atoms with Crippen LogP contribution in [0.1, 0.15) is 46.5 Å². The fraction of sp³-hybridized carbons (Fsp3) is 0.833. The molecule has 0 aromatic heterocycles. The van der Waals surface area contributed by atoms with Crippen LogP contribution in [0.3, 0.4) is 0 Å². The molecule has 1 fully saturated rings. The molecule has 1 saturated carbocycles. The van der Waals surface area contributed by atoms with Crippen molar-refractivity contribution in [2.45, 2.75) is 58.1 Å². The van der Waals surface area contributed by atoms with Gasteiger partial charge in [0.25, 0.3) is 0 Å². The first-order chi connectivity index (χ1) is 7.78. The number of carbonyl (C=O) groups excluding carboxylic acids is 2. The lowest BCUT2D eigenvalue weighted by atomic mass is 9.85. The van der Waals surface area contributed by atoms with Crippen molar-refractivity contribution in [3.8, 4) is 0 Å². The summed E-state index contributed by atoms with van der Waals surface area (Å²) in [7, 11) is 0. The molecule has 0 radical (unpaired) electrons. The number of primary amides is 1. The van der Waals surface area contributed by atoms with Gasteiger partial charge in [-0.2, -0.15) is 0 Å². The highest BCUT2D eigenvalue weighted by Crippen LogP contribution is 2.24. The second-order valence-electron chi connectivity index (χ2n) is 5.61. The molecule has 98 valence electrons. The van der Waals surface area contributed by atoms with Crippen molar-refractivity contribution in [1.82, 2.24) is 5.32 Å². The number of nitrogens with two attached hydrogens (primary N) is 1. The molecular formula is C12H22N2O3. The van der Waals surface area contributed by atoms with Gasteiger partial charge in [-0.25, -0.2) is 4.79 Å². The normalized spacial score (nSPS) is 25.1. The molecule has 1 aliphatic carbocycles. The summed E-state index contributed by atoms with van der Waals surface area (Å²) in [6, 6.07) is -0.00361. The van der Waals surface area contributed by atoms with Gasteiger partial charge in [0.15, 0.2) is 0 Å². The Morgan fingerprint density at radius 2 is 1.94 bits per heavy atom. The topological polar surface area (TPSA) is 81.4 Å². The average molecular weight is 242 g/mol. The summed E-state index contributed by atoms with van der Waals surface area (Å²) in [5.41, 5.74) is 4.78. The molecule has 0 spiro atoms. The summed E-state index contributed by atoms with van der Waals surface area (Å²) in [6.45, 7) is 5.46. The Morgan fingerprint density at radius 1 is 1.29 bits per heavy atom. The number of rotatable bonds is 2. The third-order valence-electron chi connectivity index (χ3n) is 2.80. The van der Waals surface area contributed by atoms with Gasteiger partial charge in [-0.15, -0.1) is 0 Å². The van der Waals surface area contributed by atoms with Crippen LogP contribution in [0.2, 0.25) is 0 Å². The molecular weight excluding hydrogens is 220 g/mol. The number of alkyl carbamates (subject to hydrolysis) is 1. The summed E-state index contributed by atoms with van der Waals surface area (Å²) < 4.78 is 5.17. The van der Waals surface area contributed by atoms with Gasteiger partial charge in [-0.1, -0.05) is 6.42 Å². The summed E-state index contributed by atoms with van der Waals surface area (Å²) in [4.78, 5) is 22.6. The van der Waals surface area contributed by atoms with E-state index in [4.69, 9.17) is 10.5 Å². The Labute approximate surface area is 102 Å². The van der Waals surface area contributed by atoms with E-state index in [1.807, 2.05) is 20.8 Å². The second kappa shape index (κ2) is 5.38. The van der Waals surface area contributed by atoms with Gasteiger partial charge >= 0.3 is 6.09 Å². The monoisotopic (exact) mass is 242 g/mol. The van der Waals surface area contributed by atoms with Gasteiger partial charge in [0.1, 0.15) is 5.60 Å². The Balaban J connectivity index is 2.41. The van der Waals surface area contributed by atoms with E-state index in [9.17, 15) is 9.59 Å². The number of nitrogens with one attached hydrogen (secondary N) is 1. The summed E-state index contributed by atoms with van der Waals surface area (Å²) >= 11 is 0. The average Bonchev–Trinajstić information content (AvgIpc) is 2.14. The van der Waals surface area contributed by atoms with Crippen molar-refractivity contribution in [3.05, 3.63) is 0 Å². The van der Waals surface area contributed by atoms with Crippen molar-refractivity contribution in [3.63, 3.8) is 0 Å². The molecule has 0 heterocycles. The van der Waals surface area contributed by atoms with Crippen LogP contribution in [0.15, 0.2) is 0 Å². The maximum Gasteiger partial charge on any atom is 0.407 e. The quantitative estimate of drug-likeness (QED) is 0.771. The number of carbonyl (C=O) groups is 2. The second-order valence-corrected chi connectivity index (χ2v) is 5.61. The van der Waals surface area contributed by atoms with Gasteiger partial charge in [-0.05, 0) is 40.0 Å².